The van der Waals surface area contributed by atoms with Gasteiger partial charge in [0.05, 0.1) is 32.0 Å². The van der Waals surface area contributed by atoms with Crippen LogP contribution in [0, 0.1) is 0 Å². The average Bonchev–Trinajstić information content (AvgIpc) is 3.19. The van der Waals surface area contributed by atoms with E-state index in [-0.39, 0.29) is 18.9 Å². The number of rotatable bonds is 29. The van der Waals surface area contributed by atoms with Crippen LogP contribution in [0.2, 0.25) is 0 Å². The number of hydrogen-bond acceptors (Lipinski definition) is 13. The molecule has 14 heteroatoms. The molecule has 12 atom stereocenters. The van der Waals surface area contributed by atoms with Crippen molar-refractivity contribution in [3.05, 3.63) is 48.6 Å². The lowest BCUT2D eigenvalue weighted by Gasteiger charge is -2.46. The van der Waals surface area contributed by atoms with Gasteiger partial charge in [-0.2, -0.15) is 0 Å². The van der Waals surface area contributed by atoms with E-state index in [0.29, 0.717) is 6.42 Å². The summed E-state index contributed by atoms with van der Waals surface area (Å²) >= 11 is 0. The molecule has 2 rings (SSSR count). The van der Waals surface area contributed by atoms with Gasteiger partial charge in [0.2, 0.25) is 5.91 Å². The maximum absolute atomic E-state index is 13.0. The predicted octanol–water partition coefficient (Wildman–Crippen LogP) is 2.98. The minimum atomic E-state index is -1.79. The van der Waals surface area contributed by atoms with Gasteiger partial charge in [-0.15, -0.1) is 0 Å². The Hall–Kier alpha value is -2.05. The molecule has 0 radical (unpaired) electrons. The molecule has 2 aliphatic rings. The first kappa shape index (κ1) is 50.1. The fourth-order valence-corrected chi connectivity index (χ4v) is 6.54. The van der Waals surface area contributed by atoms with Crippen molar-refractivity contribution in [3.63, 3.8) is 0 Å². The van der Waals surface area contributed by atoms with Crippen molar-refractivity contribution >= 4 is 5.91 Å². The zero-order valence-electron chi connectivity index (χ0n) is 33.6. The predicted molar refractivity (Wildman–Crippen MR) is 212 cm³/mol. The Bertz CT molecular complexity index is 1130. The third-order valence-electron chi connectivity index (χ3n) is 10.0. The lowest BCUT2D eigenvalue weighted by Crippen LogP contribution is -2.65. The SMILES string of the molecule is CC/C=C\C/C=C\C/C=C\CCCCCCCCCC(=O)NC(COC1OC(CO)C(OC2OC(CO)C(O)C(O)C2O)C(O)C1O)C(O)/C=C/CCCCC. The zero-order chi connectivity index (χ0) is 41.1. The molecule has 1 amide bonds. The number of unbranched alkanes of at least 4 members (excludes halogenated alkanes) is 10. The number of amides is 1. The molecule has 0 aromatic carbocycles. The van der Waals surface area contributed by atoms with Crippen molar-refractivity contribution in [2.24, 2.45) is 0 Å². The van der Waals surface area contributed by atoms with Gasteiger partial charge in [0.25, 0.3) is 0 Å². The summed E-state index contributed by atoms with van der Waals surface area (Å²) in [5, 5.41) is 85.8. The molecule has 56 heavy (non-hydrogen) atoms. The topological polar surface area (TPSA) is 228 Å². The van der Waals surface area contributed by atoms with Crippen LogP contribution in [-0.2, 0) is 23.7 Å². The normalized spacial score (nSPS) is 29.9. The number of ether oxygens (including phenoxy) is 4. The molecule has 0 spiro atoms. The van der Waals surface area contributed by atoms with Crippen LogP contribution >= 0.6 is 0 Å². The van der Waals surface area contributed by atoms with E-state index >= 15 is 0 Å². The molecule has 2 fully saturated rings. The average molecular weight is 800 g/mol. The first-order valence-corrected chi connectivity index (χ1v) is 20.9. The van der Waals surface area contributed by atoms with E-state index in [1.807, 2.05) is 6.08 Å². The second-order valence-electron chi connectivity index (χ2n) is 14.7. The molecule has 0 saturated carbocycles. The summed E-state index contributed by atoms with van der Waals surface area (Å²) in [5.74, 6) is -0.262. The molecular weight excluding hydrogens is 726 g/mol. The summed E-state index contributed by atoms with van der Waals surface area (Å²) in [6.45, 7) is 2.50. The van der Waals surface area contributed by atoms with E-state index in [1.54, 1.807) is 6.08 Å². The molecule has 0 bridgehead atoms. The lowest BCUT2D eigenvalue weighted by molar-refractivity contribution is -0.359. The van der Waals surface area contributed by atoms with E-state index in [4.69, 9.17) is 18.9 Å². The van der Waals surface area contributed by atoms with Crippen LogP contribution in [0.5, 0.6) is 0 Å². The van der Waals surface area contributed by atoms with Gasteiger partial charge in [-0.05, 0) is 51.4 Å². The molecule has 0 aromatic rings. The summed E-state index contributed by atoms with van der Waals surface area (Å²) < 4.78 is 22.5. The summed E-state index contributed by atoms with van der Waals surface area (Å²) in [7, 11) is 0. The van der Waals surface area contributed by atoms with Crippen LogP contribution in [-0.4, -0.2) is 140 Å². The highest BCUT2D eigenvalue weighted by Crippen LogP contribution is 2.29. The number of carbonyl (C=O) groups excluding carboxylic acids is 1. The molecule has 9 N–H and O–H groups in total. The maximum atomic E-state index is 13.0. The van der Waals surface area contributed by atoms with Gasteiger partial charge in [0, 0.05) is 6.42 Å². The summed E-state index contributed by atoms with van der Waals surface area (Å²) in [6, 6.07) is -0.915. The Morgan fingerprint density at radius 1 is 0.661 bits per heavy atom. The third kappa shape index (κ3) is 18.7. The molecule has 2 saturated heterocycles. The van der Waals surface area contributed by atoms with Gasteiger partial charge < -0.3 is 65.1 Å². The highest BCUT2D eigenvalue weighted by molar-refractivity contribution is 5.76. The Morgan fingerprint density at radius 3 is 1.89 bits per heavy atom. The van der Waals surface area contributed by atoms with E-state index in [1.165, 1.54) is 12.8 Å². The van der Waals surface area contributed by atoms with Crippen molar-refractivity contribution in [2.75, 3.05) is 19.8 Å². The highest BCUT2D eigenvalue weighted by Gasteiger charge is 2.50. The number of hydrogen-bond donors (Lipinski definition) is 9. The van der Waals surface area contributed by atoms with E-state index in [9.17, 15) is 45.6 Å². The Balaban J connectivity index is 1.83. The van der Waals surface area contributed by atoms with Gasteiger partial charge in [0.15, 0.2) is 12.6 Å². The second kappa shape index (κ2) is 30.1. The summed E-state index contributed by atoms with van der Waals surface area (Å²) in [4.78, 5) is 13.0. The van der Waals surface area contributed by atoms with E-state index in [2.05, 4.69) is 55.6 Å². The number of carbonyl (C=O) groups is 1. The summed E-state index contributed by atoms with van der Waals surface area (Å²) in [6.07, 6.45) is 15.1. The quantitative estimate of drug-likeness (QED) is 0.0392. The fourth-order valence-electron chi connectivity index (χ4n) is 6.54. The molecule has 0 aliphatic carbocycles. The van der Waals surface area contributed by atoms with E-state index in [0.717, 1.165) is 77.0 Å². The van der Waals surface area contributed by atoms with Gasteiger partial charge in [-0.3, -0.25) is 4.79 Å². The largest absolute Gasteiger partial charge is 0.394 e. The van der Waals surface area contributed by atoms with Crippen molar-refractivity contribution < 1.29 is 64.6 Å². The lowest BCUT2D eigenvalue weighted by atomic mass is 9.97. The summed E-state index contributed by atoms with van der Waals surface area (Å²) in [5.41, 5.74) is 0. The minimum absolute atomic E-state index is 0.262. The first-order chi connectivity index (χ1) is 27.1. The molecule has 324 valence electrons. The Labute approximate surface area is 333 Å². The van der Waals surface area contributed by atoms with Crippen molar-refractivity contribution in [3.8, 4) is 0 Å². The van der Waals surface area contributed by atoms with Crippen LogP contribution in [0.3, 0.4) is 0 Å². The number of allylic oxidation sites excluding steroid dienone is 7. The Kier molecular flexibility index (Phi) is 26.9. The monoisotopic (exact) mass is 800 g/mol. The van der Waals surface area contributed by atoms with Crippen LogP contribution in [0.15, 0.2) is 48.6 Å². The van der Waals surface area contributed by atoms with Crippen molar-refractivity contribution in [2.45, 2.75) is 190 Å². The molecule has 12 unspecified atom stereocenters. The van der Waals surface area contributed by atoms with Gasteiger partial charge in [0.1, 0.15) is 48.8 Å². The molecule has 2 aliphatic heterocycles. The minimum Gasteiger partial charge on any atom is -0.394 e. The smallest absolute Gasteiger partial charge is 0.220 e. The van der Waals surface area contributed by atoms with Crippen LogP contribution in [0.1, 0.15) is 117 Å². The molecule has 0 aromatic heterocycles. The fraction of sp³-hybridized carbons (Fsp3) is 0.786. The van der Waals surface area contributed by atoms with Gasteiger partial charge in [-0.1, -0.05) is 107 Å². The van der Waals surface area contributed by atoms with Gasteiger partial charge >= 0.3 is 0 Å². The van der Waals surface area contributed by atoms with Gasteiger partial charge in [-0.25, -0.2) is 0 Å². The third-order valence-corrected chi connectivity index (χ3v) is 10.0. The zero-order valence-corrected chi connectivity index (χ0v) is 33.6. The standard InChI is InChI=1S/C42H73NO13/c1-3-5-7-9-10-11-12-13-14-15-16-17-18-19-20-22-24-26-34(47)43-30(31(46)25-23-21-8-6-4-2)29-53-41-39(52)37(50)40(33(28-45)55-41)56-42-38(51)36(49)35(48)32(27-44)54-42/h5,7,10-11,13-14,23,25,30-33,35-42,44-46,48-52H,3-4,6,8-9,12,15-22,24,26-29H2,1-2H3,(H,43,47)/b7-5-,11-10-,14-13-,25-23+. The van der Waals surface area contributed by atoms with Crippen LogP contribution < -0.4 is 5.32 Å². The highest BCUT2D eigenvalue weighted by atomic mass is 16.7. The number of aliphatic hydroxyl groups excluding tert-OH is 8. The second-order valence-corrected chi connectivity index (χ2v) is 14.7. The number of nitrogens with one attached hydrogen (secondary N) is 1. The molecule has 14 nitrogen and oxygen atoms in total. The van der Waals surface area contributed by atoms with Crippen LogP contribution in [0.4, 0.5) is 0 Å². The molecular formula is C42H73NO13. The van der Waals surface area contributed by atoms with E-state index < -0.39 is 86.8 Å². The van der Waals surface area contributed by atoms with Crippen molar-refractivity contribution in [1.29, 1.82) is 0 Å². The molecule has 2 heterocycles. The van der Waals surface area contributed by atoms with Crippen LogP contribution in [0.25, 0.3) is 0 Å². The first-order valence-electron chi connectivity index (χ1n) is 20.9. The maximum Gasteiger partial charge on any atom is 0.220 e. The number of aliphatic hydroxyl groups is 8. The Morgan fingerprint density at radius 2 is 1.23 bits per heavy atom. The van der Waals surface area contributed by atoms with Crippen molar-refractivity contribution in [1.82, 2.24) is 5.32 Å².